The molecule has 1 N–H and O–H groups in total. The van der Waals surface area contributed by atoms with Gasteiger partial charge in [0.15, 0.2) is 5.82 Å². The van der Waals surface area contributed by atoms with E-state index >= 15 is 0 Å². The van der Waals surface area contributed by atoms with Gasteiger partial charge in [-0.05, 0) is 32.2 Å². The third-order valence-corrected chi connectivity index (χ3v) is 4.34. The second kappa shape index (κ2) is 4.59. The highest BCUT2D eigenvalue weighted by Gasteiger charge is 2.43. The molecule has 1 aromatic heterocycles. The number of aliphatic carboxylic acids is 1. The van der Waals surface area contributed by atoms with Gasteiger partial charge in [-0.2, -0.15) is 4.98 Å². The number of hydrogen-bond donors (Lipinski definition) is 1. The number of rotatable bonds is 5. The zero-order valence-corrected chi connectivity index (χ0v) is 11.1. The number of carboxylic acid groups (broad SMARTS) is 1. The van der Waals surface area contributed by atoms with Crippen LogP contribution in [-0.2, 0) is 11.3 Å². The maximum absolute atomic E-state index is 11.4. The van der Waals surface area contributed by atoms with Crippen molar-refractivity contribution in [3.63, 3.8) is 0 Å². The van der Waals surface area contributed by atoms with Crippen LogP contribution in [0.25, 0.3) is 0 Å². The van der Waals surface area contributed by atoms with E-state index in [1.807, 2.05) is 6.92 Å². The second-order valence-corrected chi connectivity index (χ2v) is 5.72. The Morgan fingerprint density at radius 3 is 2.95 bits per heavy atom. The van der Waals surface area contributed by atoms with Gasteiger partial charge in [-0.25, -0.2) is 0 Å². The van der Waals surface area contributed by atoms with Crippen LogP contribution in [-0.4, -0.2) is 39.2 Å². The van der Waals surface area contributed by atoms with Crippen molar-refractivity contribution in [2.45, 2.75) is 45.1 Å². The lowest BCUT2D eigenvalue weighted by molar-refractivity contribution is -0.148. The Morgan fingerprint density at radius 1 is 1.58 bits per heavy atom. The topological polar surface area (TPSA) is 79.5 Å². The molecule has 6 nitrogen and oxygen atoms in total. The lowest BCUT2D eigenvalue weighted by Crippen LogP contribution is -2.34. The fourth-order valence-corrected chi connectivity index (χ4v) is 2.74. The molecule has 1 aromatic rings. The molecule has 104 valence electrons. The summed E-state index contributed by atoms with van der Waals surface area (Å²) in [4.78, 5) is 17.9. The highest BCUT2D eigenvalue weighted by molar-refractivity contribution is 5.75. The molecule has 0 spiro atoms. The van der Waals surface area contributed by atoms with Crippen molar-refractivity contribution >= 4 is 5.97 Å². The highest BCUT2D eigenvalue weighted by Crippen LogP contribution is 2.39. The first-order valence-electron chi connectivity index (χ1n) is 6.91. The standard InChI is InChI=1S/C13H19N3O3/c1-2-13(12(17)18)5-6-16(8-13)7-10-14-11(19-15-10)9-3-4-9/h9H,2-8H2,1H3,(H,17,18). The van der Waals surface area contributed by atoms with Crippen LogP contribution in [0.1, 0.15) is 50.2 Å². The fraction of sp³-hybridized carbons (Fsp3) is 0.769. The first kappa shape index (κ1) is 12.6. The van der Waals surface area contributed by atoms with Crippen LogP contribution < -0.4 is 0 Å². The first-order valence-corrected chi connectivity index (χ1v) is 6.91. The molecular weight excluding hydrogens is 246 g/mol. The van der Waals surface area contributed by atoms with Crippen LogP contribution in [0.2, 0.25) is 0 Å². The van der Waals surface area contributed by atoms with Crippen LogP contribution in [0.5, 0.6) is 0 Å². The van der Waals surface area contributed by atoms with Crippen molar-refractivity contribution in [2.75, 3.05) is 13.1 Å². The Balaban J connectivity index is 1.62. The van der Waals surface area contributed by atoms with Gasteiger partial charge >= 0.3 is 5.97 Å². The average Bonchev–Trinajstić information content (AvgIpc) is 2.99. The van der Waals surface area contributed by atoms with Crippen LogP contribution >= 0.6 is 0 Å². The summed E-state index contributed by atoms with van der Waals surface area (Å²) in [5.74, 6) is 1.20. The van der Waals surface area contributed by atoms with Crippen molar-refractivity contribution in [1.82, 2.24) is 15.0 Å². The van der Waals surface area contributed by atoms with Gasteiger partial charge < -0.3 is 9.63 Å². The molecule has 1 unspecified atom stereocenters. The molecule has 1 aliphatic carbocycles. The Hall–Kier alpha value is -1.43. The Kier molecular flexibility index (Phi) is 3.05. The van der Waals surface area contributed by atoms with Crippen LogP contribution in [0.15, 0.2) is 4.52 Å². The third-order valence-electron chi connectivity index (χ3n) is 4.34. The Morgan fingerprint density at radius 2 is 2.37 bits per heavy atom. The van der Waals surface area contributed by atoms with Crippen LogP contribution in [0.4, 0.5) is 0 Å². The monoisotopic (exact) mass is 265 g/mol. The Labute approximate surface area is 111 Å². The van der Waals surface area contributed by atoms with E-state index in [0.717, 1.165) is 25.3 Å². The van der Waals surface area contributed by atoms with Gasteiger partial charge in [0.1, 0.15) is 0 Å². The molecule has 0 bridgehead atoms. The second-order valence-electron chi connectivity index (χ2n) is 5.72. The maximum Gasteiger partial charge on any atom is 0.310 e. The first-order chi connectivity index (χ1) is 9.13. The number of carboxylic acids is 1. The van der Waals surface area contributed by atoms with Gasteiger partial charge in [0.05, 0.1) is 12.0 Å². The smallest absolute Gasteiger partial charge is 0.310 e. The minimum atomic E-state index is -0.690. The van der Waals surface area contributed by atoms with E-state index in [4.69, 9.17) is 4.52 Å². The zero-order valence-electron chi connectivity index (χ0n) is 11.1. The molecule has 19 heavy (non-hydrogen) atoms. The van der Waals surface area contributed by atoms with E-state index in [1.165, 1.54) is 0 Å². The van der Waals surface area contributed by atoms with E-state index < -0.39 is 11.4 Å². The summed E-state index contributed by atoms with van der Waals surface area (Å²) in [5.41, 5.74) is -0.594. The summed E-state index contributed by atoms with van der Waals surface area (Å²) in [7, 11) is 0. The molecule has 1 aliphatic heterocycles. The minimum absolute atomic E-state index is 0.466. The molecule has 2 aliphatic rings. The van der Waals surface area contributed by atoms with E-state index in [1.54, 1.807) is 0 Å². The van der Waals surface area contributed by atoms with Crippen molar-refractivity contribution in [3.05, 3.63) is 11.7 Å². The van der Waals surface area contributed by atoms with Gasteiger partial charge in [-0.3, -0.25) is 9.69 Å². The molecule has 1 saturated carbocycles. The van der Waals surface area contributed by atoms with E-state index in [0.29, 0.717) is 37.7 Å². The molecule has 2 heterocycles. The number of hydrogen-bond acceptors (Lipinski definition) is 5. The number of aromatic nitrogens is 2. The summed E-state index contributed by atoms with van der Waals surface area (Å²) in [6.07, 6.45) is 3.65. The SMILES string of the molecule is CCC1(C(=O)O)CCN(Cc2noc(C3CC3)n2)C1. The lowest BCUT2D eigenvalue weighted by Gasteiger charge is -2.22. The van der Waals surface area contributed by atoms with Gasteiger partial charge in [0, 0.05) is 12.5 Å². The number of likely N-dealkylation sites (tertiary alicyclic amines) is 1. The van der Waals surface area contributed by atoms with Gasteiger partial charge in [-0.1, -0.05) is 12.1 Å². The number of nitrogens with zero attached hydrogens (tertiary/aromatic N) is 3. The molecule has 1 saturated heterocycles. The van der Waals surface area contributed by atoms with E-state index in [2.05, 4.69) is 15.0 Å². The highest BCUT2D eigenvalue weighted by atomic mass is 16.5. The molecule has 0 radical (unpaired) electrons. The van der Waals surface area contributed by atoms with Gasteiger partial charge in [0.2, 0.25) is 5.89 Å². The van der Waals surface area contributed by atoms with Gasteiger partial charge in [0.25, 0.3) is 0 Å². The molecule has 0 aromatic carbocycles. The van der Waals surface area contributed by atoms with E-state index in [-0.39, 0.29) is 0 Å². The van der Waals surface area contributed by atoms with Crippen molar-refractivity contribution < 1.29 is 14.4 Å². The molecule has 1 atom stereocenters. The average molecular weight is 265 g/mol. The molecule has 3 rings (SSSR count). The maximum atomic E-state index is 11.4. The van der Waals surface area contributed by atoms with Crippen LogP contribution in [0, 0.1) is 5.41 Å². The predicted octanol–water partition coefficient (Wildman–Crippen LogP) is 1.63. The van der Waals surface area contributed by atoms with E-state index in [9.17, 15) is 9.90 Å². The third kappa shape index (κ3) is 2.36. The summed E-state index contributed by atoms with van der Waals surface area (Å²) in [6.45, 7) is 3.89. The lowest BCUT2D eigenvalue weighted by atomic mass is 9.84. The largest absolute Gasteiger partial charge is 0.481 e. The van der Waals surface area contributed by atoms with Crippen molar-refractivity contribution in [1.29, 1.82) is 0 Å². The molecule has 2 fully saturated rings. The van der Waals surface area contributed by atoms with Crippen molar-refractivity contribution in [2.24, 2.45) is 5.41 Å². The fourth-order valence-electron chi connectivity index (χ4n) is 2.74. The zero-order chi connectivity index (χ0) is 13.5. The summed E-state index contributed by atoms with van der Waals surface area (Å²) < 4.78 is 5.22. The Bertz CT molecular complexity index is 483. The summed E-state index contributed by atoms with van der Waals surface area (Å²) in [5, 5.41) is 13.3. The van der Waals surface area contributed by atoms with Gasteiger partial charge in [-0.15, -0.1) is 0 Å². The molecular formula is C13H19N3O3. The predicted molar refractivity (Wildman–Crippen MR) is 66.5 cm³/mol. The quantitative estimate of drug-likeness (QED) is 0.871. The van der Waals surface area contributed by atoms with Crippen molar-refractivity contribution in [3.8, 4) is 0 Å². The normalized spacial score (nSPS) is 27.8. The minimum Gasteiger partial charge on any atom is -0.481 e. The number of carbonyl (C=O) groups is 1. The molecule has 0 amide bonds. The summed E-state index contributed by atoms with van der Waals surface area (Å²) in [6, 6.07) is 0. The molecule has 6 heteroatoms. The van der Waals surface area contributed by atoms with Crippen LogP contribution in [0.3, 0.4) is 0 Å². The summed E-state index contributed by atoms with van der Waals surface area (Å²) >= 11 is 0.